The van der Waals surface area contributed by atoms with Gasteiger partial charge in [-0.05, 0) is 24.6 Å². The lowest BCUT2D eigenvalue weighted by molar-refractivity contribution is 0.214. The van der Waals surface area contributed by atoms with Gasteiger partial charge in [0.1, 0.15) is 11.9 Å². The minimum absolute atomic E-state index is 0.155. The van der Waals surface area contributed by atoms with Crippen molar-refractivity contribution in [3.05, 3.63) is 36.8 Å². The predicted molar refractivity (Wildman–Crippen MR) is 75.2 cm³/mol. The molecule has 7 nitrogen and oxygen atoms in total. The molecule has 8 heteroatoms. The second kappa shape index (κ2) is 5.45. The number of rotatable bonds is 4. The van der Waals surface area contributed by atoms with Crippen molar-refractivity contribution in [3.8, 4) is 5.75 Å². The van der Waals surface area contributed by atoms with Gasteiger partial charge in [-0.15, -0.1) is 0 Å². The van der Waals surface area contributed by atoms with E-state index in [4.69, 9.17) is 4.74 Å². The van der Waals surface area contributed by atoms with Gasteiger partial charge in [0.05, 0.1) is 18.9 Å². The summed E-state index contributed by atoms with van der Waals surface area (Å²) in [6.45, 7) is 0.779. The van der Waals surface area contributed by atoms with Crippen molar-refractivity contribution in [2.75, 3.05) is 13.1 Å². The van der Waals surface area contributed by atoms with Gasteiger partial charge in [0.2, 0.25) is 0 Å². The molecule has 3 rings (SSSR count). The number of pyridine rings is 1. The van der Waals surface area contributed by atoms with Crippen LogP contribution in [0.4, 0.5) is 0 Å². The fourth-order valence-corrected chi connectivity index (χ4v) is 3.96. The van der Waals surface area contributed by atoms with E-state index in [0.29, 0.717) is 25.3 Å². The van der Waals surface area contributed by atoms with Crippen molar-refractivity contribution in [2.45, 2.75) is 17.6 Å². The molecule has 1 fully saturated rings. The second-order valence-corrected chi connectivity index (χ2v) is 6.76. The van der Waals surface area contributed by atoms with Crippen LogP contribution in [0.25, 0.3) is 0 Å². The Morgan fingerprint density at radius 2 is 2.19 bits per heavy atom. The highest BCUT2D eigenvalue weighted by Crippen LogP contribution is 2.23. The van der Waals surface area contributed by atoms with E-state index in [0.717, 1.165) is 0 Å². The van der Waals surface area contributed by atoms with Gasteiger partial charge < -0.3 is 4.74 Å². The smallest absolute Gasteiger partial charge is 0.260 e. The number of ether oxygens (including phenoxy) is 1. The number of hydrogen-bond donors (Lipinski definition) is 0. The van der Waals surface area contributed by atoms with Crippen molar-refractivity contribution in [1.29, 1.82) is 0 Å². The summed E-state index contributed by atoms with van der Waals surface area (Å²) >= 11 is 0. The Bertz CT molecular complexity index is 714. The van der Waals surface area contributed by atoms with Crippen LogP contribution in [0.15, 0.2) is 41.8 Å². The van der Waals surface area contributed by atoms with Crippen molar-refractivity contribution >= 4 is 10.0 Å². The first kappa shape index (κ1) is 14.0. The Hall–Kier alpha value is -1.93. The minimum Gasteiger partial charge on any atom is -0.487 e. The van der Waals surface area contributed by atoms with E-state index in [-0.39, 0.29) is 11.1 Å². The van der Waals surface area contributed by atoms with E-state index in [1.54, 1.807) is 25.5 Å². The number of nitrogens with zero attached hydrogens (tertiary/aromatic N) is 4. The maximum absolute atomic E-state index is 12.5. The Labute approximate surface area is 123 Å². The van der Waals surface area contributed by atoms with Crippen molar-refractivity contribution < 1.29 is 13.2 Å². The monoisotopic (exact) mass is 308 g/mol. The molecule has 1 aliphatic rings. The molecule has 0 amide bonds. The molecule has 3 heterocycles. The molecule has 0 unspecified atom stereocenters. The standard InChI is InChI=1S/C13H16N4O3S/c1-16-13(4-7-15-16)21(18,19)17-8-5-12(10-17)20-11-3-2-6-14-9-11/h2-4,6-7,9,12H,5,8,10H2,1H3/t12-/m1/s1. The lowest BCUT2D eigenvalue weighted by Gasteiger charge is -2.17. The zero-order valence-electron chi connectivity index (χ0n) is 11.6. The van der Waals surface area contributed by atoms with Gasteiger partial charge in [0.15, 0.2) is 5.03 Å². The maximum atomic E-state index is 12.5. The molecule has 1 saturated heterocycles. The van der Waals surface area contributed by atoms with Gasteiger partial charge in [0.25, 0.3) is 10.0 Å². The summed E-state index contributed by atoms with van der Waals surface area (Å²) < 4.78 is 33.6. The minimum atomic E-state index is -3.51. The molecule has 0 radical (unpaired) electrons. The van der Waals surface area contributed by atoms with Crippen LogP contribution in [-0.2, 0) is 17.1 Å². The van der Waals surface area contributed by atoms with Crippen LogP contribution in [0.3, 0.4) is 0 Å². The van der Waals surface area contributed by atoms with Gasteiger partial charge in [0, 0.05) is 19.8 Å². The molecule has 2 aromatic rings. The third-order valence-corrected chi connectivity index (χ3v) is 5.37. The van der Waals surface area contributed by atoms with Crippen LogP contribution >= 0.6 is 0 Å². The first-order valence-electron chi connectivity index (χ1n) is 6.62. The number of aryl methyl sites for hydroxylation is 1. The van der Waals surface area contributed by atoms with Crippen LogP contribution in [0.2, 0.25) is 0 Å². The molecule has 21 heavy (non-hydrogen) atoms. The Balaban J connectivity index is 1.71. The number of hydrogen-bond acceptors (Lipinski definition) is 5. The molecule has 0 spiro atoms. The van der Waals surface area contributed by atoms with Gasteiger partial charge in [-0.2, -0.15) is 9.40 Å². The van der Waals surface area contributed by atoms with E-state index in [1.807, 2.05) is 6.07 Å². The summed E-state index contributed by atoms with van der Waals surface area (Å²) in [4.78, 5) is 3.98. The lowest BCUT2D eigenvalue weighted by Crippen LogP contribution is -2.32. The zero-order valence-corrected chi connectivity index (χ0v) is 12.4. The molecular formula is C13H16N4O3S. The summed E-state index contributed by atoms with van der Waals surface area (Å²) in [5, 5.41) is 4.11. The average molecular weight is 308 g/mol. The molecule has 112 valence electrons. The van der Waals surface area contributed by atoms with Gasteiger partial charge in [-0.3, -0.25) is 9.67 Å². The molecule has 0 bridgehead atoms. The van der Waals surface area contributed by atoms with Crippen LogP contribution in [-0.4, -0.2) is 46.7 Å². The van der Waals surface area contributed by atoms with E-state index in [9.17, 15) is 8.42 Å². The molecule has 2 aromatic heterocycles. The second-order valence-electron chi connectivity index (χ2n) is 4.87. The molecule has 0 aliphatic carbocycles. The molecule has 1 aliphatic heterocycles. The van der Waals surface area contributed by atoms with Gasteiger partial charge in [-0.1, -0.05) is 0 Å². The lowest BCUT2D eigenvalue weighted by atomic mass is 10.3. The molecule has 0 aromatic carbocycles. The summed E-state index contributed by atoms with van der Waals surface area (Å²) in [5.41, 5.74) is 0. The zero-order chi connectivity index (χ0) is 14.9. The quantitative estimate of drug-likeness (QED) is 0.829. The first-order chi connectivity index (χ1) is 10.1. The fourth-order valence-electron chi connectivity index (χ4n) is 2.37. The van der Waals surface area contributed by atoms with E-state index in [1.165, 1.54) is 21.3 Å². The summed E-state index contributed by atoms with van der Waals surface area (Å²) in [5.74, 6) is 0.655. The summed E-state index contributed by atoms with van der Waals surface area (Å²) in [6.07, 6.45) is 5.27. The molecule has 1 atom stereocenters. The largest absolute Gasteiger partial charge is 0.487 e. The normalized spacial score (nSPS) is 19.8. The van der Waals surface area contributed by atoms with E-state index in [2.05, 4.69) is 10.1 Å². The first-order valence-corrected chi connectivity index (χ1v) is 8.06. The average Bonchev–Trinajstić information content (AvgIpc) is 3.09. The highest BCUT2D eigenvalue weighted by Gasteiger charge is 2.35. The number of aromatic nitrogens is 3. The van der Waals surface area contributed by atoms with E-state index >= 15 is 0 Å². The maximum Gasteiger partial charge on any atom is 0.260 e. The van der Waals surface area contributed by atoms with Crippen LogP contribution in [0.5, 0.6) is 5.75 Å². The van der Waals surface area contributed by atoms with E-state index < -0.39 is 10.0 Å². The van der Waals surface area contributed by atoms with Crippen LogP contribution < -0.4 is 4.74 Å². The van der Waals surface area contributed by atoms with Gasteiger partial charge in [-0.25, -0.2) is 8.42 Å². The predicted octanol–water partition coefficient (Wildman–Crippen LogP) is 0.657. The van der Waals surface area contributed by atoms with Crippen LogP contribution in [0.1, 0.15) is 6.42 Å². The third-order valence-electron chi connectivity index (χ3n) is 3.43. The topological polar surface area (TPSA) is 77.3 Å². The van der Waals surface area contributed by atoms with Crippen molar-refractivity contribution in [2.24, 2.45) is 7.05 Å². The Morgan fingerprint density at radius 1 is 1.33 bits per heavy atom. The summed E-state index contributed by atoms with van der Waals surface area (Å²) in [7, 11) is -1.90. The van der Waals surface area contributed by atoms with Gasteiger partial charge >= 0.3 is 0 Å². The molecular weight excluding hydrogens is 292 g/mol. The number of sulfonamides is 1. The molecule has 0 N–H and O–H groups in total. The fraction of sp³-hybridized carbons (Fsp3) is 0.385. The Kier molecular flexibility index (Phi) is 3.64. The highest BCUT2D eigenvalue weighted by atomic mass is 32.2. The van der Waals surface area contributed by atoms with Crippen molar-refractivity contribution in [3.63, 3.8) is 0 Å². The highest BCUT2D eigenvalue weighted by molar-refractivity contribution is 7.89. The molecule has 0 saturated carbocycles. The summed E-state index contributed by atoms with van der Waals surface area (Å²) in [6, 6.07) is 5.10. The van der Waals surface area contributed by atoms with Crippen molar-refractivity contribution in [1.82, 2.24) is 19.1 Å². The third kappa shape index (κ3) is 2.77. The SMILES string of the molecule is Cn1nccc1S(=O)(=O)N1CC[C@@H](Oc2cccnc2)C1. The Morgan fingerprint density at radius 3 is 2.86 bits per heavy atom. The van der Waals surface area contributed by atoms with Crippen LogP contribution in [0, 0.1) is 0 Å².